The number of rotatable bonds is 0. The summed E-state index contributed by atoms with van der Waals surface area (Å²) in [6.45, 7) is 8.37. The van der Waals surface area contributed by atoms with Crippen molar-refractivity contribution in [1.82, 2.24) is 0 Å². The van der Waals surface area contributed by atoms with Crippen LogP contribution in [0.5, 0.6) is 0 Å². The Hall–Kier alpha value is -0.750. The molecule has 0 nitrogen and oxygen atoms in total. The summed E-state index contributed by atoms with van der Waals surface area (Å²) in [6.07, 6.45) is 1.05. The molecule has 0 N–H and O–H groups in total. The lowest BCUT2D eigenvalue weighted by Gasteiger charge is -2.04. The third-order valence-electron chi connectivity index (χ3n) is 2.79. The minimum Gasteiger partial charge on any atom is -0.0949 e. The maximum absolute atomic E-state index is 6.16. The number of aryl methyl sites for hydroxylation is 1. The first-order valence-electron chi connectivity index (χ1n) is 4.58. The number of hydrogen-bond acceptors (Lipinski definition) is 0. The normalized spacial score (nSPS) is 20.5. The van der Waals surface area contributed by atoms with E-state index in [0.29, 0.717) is 5.92 Å². The summed E-state index contributed by atoms with van der Waals surface area (Å²) >= 11 is 6.16. The van der Waals surface area contributed by atoms with E-state index >= 15 is 0 Å². The van der Waals surface area contributed by atoms with Gasteiger partial charge in [0.25, 0.3) is 0 Å². The Morgan fingerprint density at radius 1 is 1.46 bits per heavy atom. The number of benzene rings is 1. The molecule has 1 aliphatic carbocycles. The molecule has 1 heteroatoms. The lowest BCUT2D eigenvalue weighted by atomic mass is 10.0. The summed E-state index contributed by atoms with van der Waals surface area (Å²) in [5.41, 5.74) is 5.02. The molecule has 13 heavy (non-hydrogen) atoms. The van der Waals surface area contributed by atoms with Gasteiger partial charge in [-0.25, -0.2) is 0 Å². The zero-order valence-corrected chi connectivity index (χ0v) is 8.78. The number of fused-ring (bicyclic) bond motifs is 1. The molecule has 1 aromatic carbocycles. The minimum atomic E-state index is 0.550. The second-order valence-electron chi connectivity index (χ2n) is 3.90. The lowest BCUT2D eigenvalue weighted by molar-refractivity contribution is 0.782. The second kappa shape index (κ2) is 2.88. The molecule has 0 amide bonds. The summed E-state index contributed by atoms with van der Waals surface area (Å²) in [7, 11) is 0. The molecule has 68 valence electrons. The van der Waals surface area contributed by atoms with Crippen LogP contribution in [-0.4, -0.2) is 0 Å². The van der Waals surface area contributed by atoms with E-state index in [9.17, 15) is 0 Å². The number of allylic oxidation sites excluding steroid dienone is 1. The van der Waals surface area contributed by atoms with Crippen molar-refractivity contribution in [2.24, 2.45) is 5.92 Å². The maximum atomic E-state index is 6.16. The highest BCUT2D eigenvalue weighted by Crippen LogP contribution is 2.39. The highest BCUT2D eigenvalue weighted by atomic mass is 35.5. The first-order chi connectivity index (χ1) is 6.09. The van der Waals surface area contributed by atoms with E-state index in [-0.39, 0.29) is 0 Å². The Bertz CT molecular complexity index is 377. The summed E-state index contributed by atoms with van der Waals surface area (Å²) in [6, 6.07) is 4.22. The van der Waals surface area contributed by atoms with Gasteiger partial charge in [-0.2, -0.15) is 0 Å². The molecular formula is C12H13Cl. The summed E-state index contributed by atoms with van der Waals surface area (Å²) in [5, 5.41) is 0.903. The first-order valence-corrected chi connectivity index (χ1v) is 4.95. The monoisotopic (exact) mass is 192 g/mol. The van der Waals surface area contributed by atoms with E-state index < -0.39 is 0 Å². The molecular weight excluding hydrogens is 180 g/mol. The van der Waals surface area contributed by atoms with Crippen LogP contribution in [0.15, 0.2) is 18.7 Å². The van der Waals surface area contributed by atoms with Gasteiger partial charge in [-0.15, -0.1) is 0 Å². The van der Waals surface area contributed by atoms with Crippen molar-refractivity contribution in [2.45, 2.75) is 20.3 Å². The quantitative estimate of drug-likeness (QED) is 0.586. The smallest absolute Gasteiger partial charge is 0.0446 e. The van der Waals surface area contributed by atoms with Crippen LogP contribution in [0.3, 0.4) is 0 Å². The van der Waals surface area contributed by atoms with Crippen molar-refractivity contribution in [2.75, 3.05) is 0 Å². The summed E-state index contributed by atoms with van der Waals surface area (Å²) in [5.74, 6) is 0.550. The van der Waals surface area contributed by atoms with Gasteiger partial charge in [0.15, 0.2) is 0 Å². The molecule has 1 aliphatic rings. The average molecular weight is 193 g/mol. The van der Waals surface area contributed by atoms with Crippen molar-refractivity contribution in [3.63, 3.8) is 0 Å². The van der Waals surface area contributed by atoms with Crippen LogP contribution in [0.4, 0.5) is 0 Å². The molecule has 0 saturated carbocycles. The van der Waals surface area contributed by atoms with Gasteiger partial charge in [-0.3, -0.25) is 0 Å². The molecule has 0 heterocycles. The Labute approximate surface area is 84.2 Å². The minimum absolute atomic E-state index is 0.550. The van der Waals surface area contributed by atoms with Crippen molar-refractivity contribution in [3.8, 4) is 0 Å². The van der Waals surface area contributed by atoms with Gasteiger partial charge < -0.3 is 0 Å². The summed E-state index contributed by atoms with van der Waals surface area (Å²) in [4.78, 5) is 0. The van der Waals surface area contributed by atoms with Gasteiger partial charge in [-0.1, -0.05) is 31.2 Å². The van der Waals surface area contributed by atoms with Crippen molar-refractivity contribution in [1.29, 1.82) is 0 Å². The van der Waals surface area contributed by atoms with E-state index in [1.165, 1.54) is 22.3 Å². The van der Waals surface area contributed by atoms with E-state index in [1.54, 1.807) is 0 Å². The van der Waals surface area contributed by atoms with E-state index in [0.717, 1.165) is 11.4 Å². The van der Waals surface area contributed by atoms with E-state index in [1.807, 2.05) is 6.07 Å². The van der Waals surface area contributed by atoms with Crippen LogP contribution in [0.1, 0.15) is 23.6 Å². The fourth-order valence-electron chi connectivity index (χ4n) is 1.96. The molecule has 0 aromatic heterocycles. The molecule has 2 rings (SSSR count). The maximum Gasteiger partial charge on any atom is 0.0446 e. The predicted molar refractivity (Wildman–Crippen MR) is 58.1 cm³/mol. The molecule has 1 unspecified atom stereocenters. The zero-order chi connectivity index (χ0) is 9.59. The molecule has 1 atom stereocenters. The lowest BCUT2D eigenvalue weighted by Crippen LogP contribution is -1.88. The summed E-state index contributed by atoms with van der Waals surface area (Å²) < 4.78 is 0. The Morgan fingerprint density at radius 3 is 2.85 bits per heavy atom. The zero-order valence-electron chi connectivity index (χ0n) is 8.02. The van der Waals surface area contributed by atoms with Gasteiger partial charge in [0.2, 0.25) is 0 Å². The molecule has 0 spiro atoms. The highest BCUT2D eigenvalue weighted by Gasteiger charge is 2.23. The first kappa shape index (κ1) is 8.83. The van der Waals surface area contributed by atoms with Gasteiger partial charge in [0.05, 0.1) is 0 Å². The van der Waals surface area contributed by atoms with Crippen LogP contribution >= 0.6 is 11.6 Å². The molecule has 0 aliphatic heterocycles. The van der Waals surface area contributed by atoms with E-state index in [4.69, 9.17) is 11.6 Å². The Morgan fingerprint density at radius 2 is 2.15 bits per heavy atom. The molecule has 0 fully saturated rings. The molecule has 0 radical (unpaired) electrons. The fourth-order valence-corrected chi connectivity index (χ4v) is 2.31. The standard InChI is InChI=1S/C12H13Cl/c1-7-4-10-9(3)8(2)6-11(10)12(13)5-7/h4-5,8H,3,6H2,1-2H3. The third-order valence-corrected chi connectivity index (χ3v) is 3.13. The third kappa shape index (κ3) is 1.30. The largest absolute Gasteiger partial charge is 0.0949 e. The van der Waals surface area contributed by atoms with Crippen LogP contribution < -0.4 is 0 Å². The van der Waals surface area contributed by atoms with Crippen LogP contribution in [0.25, 0.3) is 5.57 Å². The van der Waals surface area contributed by atoms with Crippen LogP contribution in [-0.2, 0) is 6.42 Å². The van der Waals surface area contributed by atoms with Crippen molar-refractivity contribution >= 4 is 17.2 Å². The molecule has 1 aromatic rings. The van der Waals surface area contributed by atoms with Gasteiger partial charge in [0, 0.05) is 5.02 Å². The van der Waals surface area contributed by atoms with Crippen LogP contribution in [0.2, 0.25) is 5.02 Å². The Balaban J connectivity index is 2.64. The van der Waals surface area contributed by atoms with Gasteiger partial charge in [-0.05, 0) is 47.6 Å². The van der Waals surface area contributed by atoms with Crippen LogP contribution in [0, 0.1) is 12.8 Å². The van der Waals surface area contributed by atoms with Gasteiger partial charge >= 0.3 is 0 Å². The SMILES string of the molecule is C=C1c2cc(C)cc(Cl)c2CC1C. The van der Waals surface area contributed by atoms with Crippen molar-refractivity contribution in [3.05, 3.63) is 40.4 Å². The predicted octanol–water partition coefficient (Wildman–Crippen LogP) is 3.85. The Kier molecular flexibility index (Phi) is 1.96. The number of hydrogen-bond donors (Lipinski definition) is 0. The van der Waals surface area contributed by atoms with Gasteiger partial charge in [0.1, 0.15) is 0 Å². The molecule has 0 bridgehead atoms. The second-order valence-corrected chi connectivity index (χ2v) is 4.31. The van der Waals surface area contributed by atoms with Crippen molar-refractivity contribution < 1.29 is 0 Å². The molecule has 0 saturated heterocycles. The topological polar surface area (TPSA) is 0 Å². The van der Waals surface area contributed by atoms with E-state index in [2.05, 4.69) is 26.5 Å². The fraction of sp³-hybridized carbons (Fsp3) is 0.333. The average Bonchev–Trinajstić information content (AvgIpc) is 2.32. The number of halogens is 1. The highest BCUT2D eigenvalue weighted by molar-refractivity contribution is 6.31.